The van der Waals surface area contributed by atoms with Crippen LogP contribution in [0.4, 0.5) is 0 Å². The fourth-order valence-electron chi connectivity index (χ4n) is 6.81. The summed E-state index contributed by atoms with van der Waals surface area (Å²) < 4.78 is 8.85. The molecule has 0 fully saturated rings. The number of hydrogen-bond donors (Lipinski definition) is 0. The van der Waals surface area contributed by atoms with E-state index in [4.69, 9.17) is 19.4 Å². The Balaban J connectivity index is 1.20. The summed E-state index contributed by atoms with van der Waals surface area (Å²) in [5.74, 6) is 1.91. The molecule has 0 bridgehead atoms. The minimum Gasteiger partial charge on any atom is -0.455 e. The van der Waals surface area contributed by atoms with Gasteiger partial charge in [0.05, 0.1) is 0 Å². The standard InChI is InChI=1S/C43H25N3OS/c1-3-10-26(11-4-1)29-20-23-37-35(24-29)39-33(16-9-17-38(39)48-37)43-45-41(28-13-5-2-6-14-28)44-42(46-43)30-19-22-36-34(25-30)32-21-18-27-12-7-8-15-31(27)40(32)47-36/h1-25H. The molecular weight excluding hydrogens is 607 g/mol. The molecular formula is C43H25N3OS. The van der Waals surface area contributed by atoms with Crippen LogP contribution in [0, 0.1) is 0 Å². The lowest BCUT2D eigenvalue weighted by Crippen LogP contribution is -2.00. The van der Waals surface area contributed by atoms with Crippen LogP contribution in [-0.2, 0) is 0 Å². The third kappa shape index (κ3) is 4.33. The molecule has 3 aromatic heterocycles. The molecule has 0 saturated carbocycles. The topological polar surface area (TPSA) is 51.8 Å². The van der Waals surface area contributed by atoms with Gasteiger partial charge < -0.3 is 4.42 Å². The lowest BCUT2D eigenvalue weighted by Gasteiger charge is -2.10. The van der Waals surface area contributed by atoms with Gasteiger partial charge in [0, 0.05) is 53.0 Å². The Morgan fingerprint density at radius 3 is 1.98 bits per heavy atom. The zero-order chi connectivity index (χ0) is 31.6. The number of fused-ring (bicyclic) bond motifs is 8. The maximum atomic E-state index is 6.41. The van der Waals surface area contributed by atoms with Gasteiger partial charge in [0.25, 0.3) is 0 Å². The van der Waals surface area contributed by atoms with Crippen molar-refractivity contribution < 1.29 is 4.42 Å². The van der Waals surface area contributed by atoms with E-state index in [1.165, 1.54) is 25.9 Å². The van der Waals surface area contributed by atoms with Crippen LogP contribution in [0.5, 0.6) is 0 Å². The van der Waals surface area contributed by atoms with E-state index >= 15 is 0 Å². The van der Waals surface area contributed by atoms with E-state index in [2.05, 4.69) is 109 Å². The van der Waals surface area contributed by atoms with Crippen molar-refractivity contribution in [3.63, 3.8) is 0 Å². The Hall–Kier alpha value is -6.17. The number of aromatic nitrogens is 3. The lowest BCUT2D eigenvalue weighted by molar-refractivity contribution is 0.672. The van der Waals surface area contributed by atoms with Crippen molar-refractivity contribution in [2.75, 3.05) is 0 Å². The van der Waals surface area contributed by atoms with Crippen molar-refractivity contribution in [1.82, 2.24) is 15.0 Å². The first-order valence-corrected chi connectivity index (χ1v) is 16.8. The van der Waals surface area contributed by atoms with Crippen molar-refractivity contribution in [3.8, 4) is 45.3 Å². The average molecular weight is 632 g/mol. The van der Waals surface area contributed by atoms with Crippen LogP contribution in [0.3, 0.4) is 0 Å². The van der Waals surface area contributed by atoms with E-state index in [9.17, 15) is 0 Å². The van der Waals surface area contributed by atoms with Gasteiger partial charge in [0.1, 0.15) is 11.2 Å². The molecule has 0 saturated heterocycles. The van der Waals surface area contributed by atoms with E-state index in [1.807, 2.05) is 42.5 Å². The zero-order valence-corrected chi connectivity index (χ0v) is 26.4. The van der Waals surface area contributed by atoms with Crippen LogP contribution in [0.1, 0.15) is 0 Å². The third-order valence-corrected chi connectivity index (χ3v) is 10.3. The molecule has 0 amide bonds. The second kappa shape index (κ2) is 10.7. The monoisotopic (exact) mass is 631 g/mol. The number of benzene rings is 7. The number of nitrogens with zero attached hydrogens (tertiary/aromatic N) is 3. The van der Waals surface area contributed by atoms with Crippen LogP contribution in [-0.4, -0.2) is 15.0 Å². The summed E-state index contributed by atoms with van der Waals surface area (Å²) in [5, 5.41) is 6.74. The molecule has 0 aliphatic rings. The van der Waals surface area contributed by atoms with Crippen molar-refractivity contribution in [2.45, 2.75) is 0 Å². The van der Waals surface area contributed by atoms with E-state index in [0.717, 1.165) is 54.8 Å². The van der Waals surface area contributed by atoms with E-state index in [-0.39, 0.29) is 0 Å². The molecule has 0 unspecified atom stereocenters. The lowest BCUT2D eigenvalue weighted by atomic mass is 10.0. The molecule has 224 valence electrons. The summed E-state index contributed by atoms with van der Waals surface area (Å²) in [6, 6.07) is 52.7. The molecule has 0 atom stereocenters. The van der Waals surface area contributed by atoms with Crippen molar-refractivity contribution >= 4 is 64.2 Å². The summed E-state index contributed by atoms with van der Waals surface area (Å²) in [6.07, 6.45) is 0. The quantitative estimate of drug-likeness (QED) is 0.194. The highest BCUT2D eigenvalue weighted by Crippen LogP contribution is 2.42. The zero-order valence-electron chi connectivity index (χ0n) is 25.6. The Kier molecular flexibility index (Phi) is 6.01. The molecule has 0 N–H and O–H groups in total. The van der Waals surface area contributed by atoms with Crippen molar-refractivity contribution in [3.05, 3.63) is 152 Å². The molecule has 10 aromatic rings. The number of rotatable bonds is 4. The molecule has 7 aromatic carbocycles. The molecule has 4 nitrogen and oxygen atoms in total. The molecule has 0 aliphatic heterocycles. The van der Waals surface area contributed by atoms with Gasteiger partial charge in [-0.15, -0.1) is 11.3 Å². The second-order valence-electron chi connectivity index (χ2n) is 12.0. The maximum Gasteiger partial charge on any atom is 0.164 e. The van der Waals surface area contributed by atoms with Gasteiger partial charge in [-0.25, -0.2) is 15.0 Å². The fourth-order valence-corrected chi connectivity index (χ4v) is 7.92. The van der Waals surface area contributed by atoms with E-state index in [0.29, 0.717) is 17.5 Å². The summed E-state index contributed by atoms with van der Waals surface area (Å²) in [6.45, 7) is 0. The van der Waals surface area contributed by atoms with E-state index < -0.39 is 0 Å². The van der Waals surface area contributed by atoms with Gasteiger partial charge in [-0.2, -0.15) is 0 Å². The fraction of sp³-hybridized carbons (Fsp3) is 0. The molecule has 5 heteroatoms. The van der Waals surface area contributed by atoms with Crippen LogP contribution < -0.4 is 0 Å². The maximum absolute atomic E-state index is 6.41. The first-order valence-electron chi connectivity index (χ1n) is 15.9. The number of thiophene rings is 1. The largest absolute Gasteiger partial charge is 0.455 e. The van der Waals surface area contributed by atoms with Gasteiger partial charge in [-0.05, 0) is 59.0 Å². The molecule has 0 radical (unpaired) electrons. The van der Waals surface area contributed by atoms with Gasteiger partial charge in [-0.3, -0.25) is 0 Å². The highest BCUT2D eigenvalue weighted by Gasteiger charge is 2.19. The first kappa shape index (κ1) is 27.0. The average Bonchev–Trinajstić information content (AvgIpc) is 3.73. The minimum atomic E-state index is 0.623. The Morgan fingerprint density at radius 2 is 1.12 bits per heavy atom. The van der Waals surface area contributed by atoms with Crippen molar-refractivity contribution in [2.24, 2.45) is 0 Å². The van der Waals surface area contributed by atoms with Gasteiger partial charge in [0.2, 0.25) is 0 Å². The molecule has 10 rings (SSSR count). The molecule has 0 spiro atoms. The summed E-state index contributed by atoms with van der Waals surface area (Å²) in [5.41, 5.74) is 6.96. The predicted octanol–water partition coefficient (Wildman–Crippen LogP) is 12.0. The molecule has 0 aliphatic carbocycles. The van der Waals surface area contributed by atoms with E-state index in [1.54, 1.807) is 11.3 Å². The summed E-state index contributed by atoms with van der Waals surface area (Å²) >= 11 is 1.80. The Labute approximate surface area is 279 Å². The normalized spacial score (nSPS) is 11.8. The van der Waals surface area contributed by atoms with Gasteiger partial charge >= 0.3 is 0 Å². The Bertz CT molecular complexity index is 2840. The summed E-state index contributed by atoms with van der Waals surface area (Å²) in [7, 11) is 0. The predicted molar refractivity (Wildman–Crippen MR) is 199 cm³/mol. The molecule has 48 heavy (non-hydrogen) atoms. The molecule has 3 heterocycles. The smallest absolute Gasteiger partial charge is 0.164 e. The van der Waals surface area contributed by atoms with Crippen LogP contribution in [0.15, 0.2) is 156 Å². The number of furan rings is 1. The van der Waals surface area contributed by atoms with Gasteiger partial charge in [-0.1, -0.05) is 109 Å². The minimum absolute atomic E-state index is 0.623. The highest BCUT2D eigenvalue weighted by atomic mass is 32.1. The van der Waals surface area contributed by atoms with Crippen LogP contribution in [0.2, 0.25) is 0 Å². The summed E-state index contributed by atoms with van der Waals surface area (Å²) in [4.78, 5) is 15.4. The highest BCUT2D eigenvalue weighted by molar-refractivity contribution is 7.26. The first-order chi connectivity index (χ1) is 23.8. The Morgan fingerprint density at radius 1 is 0.417 bits per heavy atom. The SMILES string of the molecule is c1ccc(-c2ccc3sc4cccc(-c5nc(-c6ccccc6)nc(-c6ccc7oc8c9ccccc9ccc8c7c6)n5)c4c3c2)cc1. The number of hydrogen-bond acceptors (Lipinski definition) is 5. The third-order valence-electron chi connectivity index (χ3n) is 9.13. The van der Waals surface area contributed by atoms with Crippen LogP contribution in [0.25, 0.3) is 98.2 Å². The van der Waals surface area contributed by atoms with Gasteiger partial charge in [0.15, 0.2) is 17.5 Å². The second-order valence-corrected chi connectivity index (χ2v) is 13.1. The van der Waals surface area contributed by atoms with Crippen LogP contribution >= 0.6 is 11.3 Å². The van der Waals surface area contributed by atoms with Crippen molar-refractivity contribution in [1.29, 1.82) is 0 Å².